The van der Waals surface area contributed by atoms with E-state index in [0.717, 1.165) is 16.7 Å². The van der Waals surface area contributed by atoms with E-state index in [-0.39, 0.29) is 11.3 Å². The molecule has 0 spiro atoms. The highest BCUT2D eigenvalue weighted by molar-refractivity contribution is 6.08. The number of anilines is 2. The number of hydrogen-bond donors (Lipinski definition) is 2. The Bertz CT molecular complexity index is 1020. The summed E-state index contributed by atoms with van der Waals surface area (Å²) in [6.45, 7) is 4.39. The number of nitrogens with zero attached hydrogens (tertiary/aromatic N) is 1. The van der Waals surface area contributed by atoms with E-state index >= 15 is 0 Å². The number of carbonyl (C=O) groups excluding carboxylic acids is 1. The van der Waals surface area contributed by atoms with E-state index in [9.17, 15) is 14.9 Å². The predicted molar refractivity (Wildman–Crippen MR) is 111 cm³/mol. The fourth-order valence-electron chi connectivity index (χ4n) is 2.92. The van der Waals surface area contributed by atoms with Gasteiger partial charge in [0.2, 0.25) is 0 Å². The van der Waals surface area contributed by atoms with Gasteiger partial charge in [-0.1, -0.05) is 48.0 Å². The number of amides is 1. The van der Waals surface area contributed by atoms with Crippen molar-refractivity contribution in [3.8, 4) is 0 Å². The Morgan fingerprint density at radius 3 is 2.36 bits per heavy atom. The maximum absolute atomic E-state index is 12.9. The van der Waals surface area contributed by atoms with Crippen molar-refractivity contribution in [1.29, 1.82) is 0 Å². The van der Waals surface area contributed by atoms with Crippen molar-refractivity contribution in [3.63, 3.8) is 0 Å². The maximum atomic E-state index is 12.9. The Morgan fingerprint density at radius 1 is 0.964 bits per heavy atom. The topological polar surface area (TPSA) is 84.3 Å². The first-order valence-electron chi connectivity index (χ1n) is 8.89. The first-order valence-corrected chi connectivity index (χ1v) is 8.89. The van der Waals surface area contributed by atoms with Crippen LogP contribution in [0.5, 0.6) is 0 Å². The van der Waals surface area contributed by atoms with E-state index in [1.807, 2.05) is 62.4 Å². The highest BCUT2D eigenvalue weighted by Gasteiger charge is 2.17. The minimum atomic E-state index is -0.505. The molecule has 0 aliphatic heterocycles. The molecular formula is C22H21N3O3. The lowest BCUT2D eigenvalue weighted by atomic mass is 10.1. The zero-order chi connectivity index (χ0) is 20.1. The Morgan fingerprint density at radius 2 is 1.68 bits per heavy atom. The molecule has 3 rings (SSSR count). The Hall–Kier alpha value is -3.67. The minimum Gasteiger partial charge on any atom is -0.380 e. The summed E-state index contributed by atoms with van der Waals surface area (Å²) in [5.74, 6) is -0.397. The summed E-state index contributed by atoms with van der Waals surface area (Å²) < 4.78 is 0. The van der Waals surface area contributed by atoms with Crippen LogP contribution in [0.25, 0.3) is 0 Å². The molecule has 28 heavy (non-hydrogen) atoms. The maximum Gasteiger partial charge on any atom is 0.270 e. The van der Waals surface area contributed by atoms with Crippen LogP contribution in [-0.2, 0) is 6.54 Å². The lowest BCUT2D eigenvalue weighted by molar-refractivity contribution is -0.384. The SMILES string of the molecule is Cc1ccc(NC(=O)c2cc([N+](=O)[O-])ccc2NCc2ccccc2)c(C)c1. The molecule has 0 saturated heterocycles. The first-order chi connectivity index (χ1) is 13.4. The third-order valence-corrected chi connectivity index (χ3v) is 4.41. The van der Waals surface area contributed by atoms with E-state index < -0.39 is 10.8 Å². The molecule has 2 N–H and O–H groups in total. The summed E-state index contributed by atoms with van der Waals surface area (Å²) >= 11 is 0. The van der Waals surface area contributed by atoms with Crippen molar-refractivity contribution >= 4 is 23.0 Å². The molecule has 0 fully saturated rings. The molecule has 3 aromatic carbocycles. The van der Waals surface area contributed by atoms with Crippen molar-refractivity contribution in [2.24, 2.45) is 0 Å². The largest absolute Gasteiger partial charge is 0.380 e. The van der Waals surface area contributed by atoms with Crippen molar-refractivity contribution in [2.45, 2.75) is 20.4 Å². The number of aryl methyl sites for hydroxylation is 2. The molecule has 0 unspecified atom stereocenters. The zero-order valence-corrected chi connectivity index (χ0v) is 15.7. The van der Waals surface area contributed by atoms with Crippen LogP contribution in [0.2, 0.25) is 0 Å². The van der Waals surface area contributed by atoms with Crippen molar-refractivity contribution in [2.75, 3.05) is 10.6 Å². The lowest BCUT2D eigenvalue weighted by Crippen LogP contribution is -2.16. The van der Waals surface area contributed by atoms with E-state index in [2.05, 4.69) is 10.6 Å². The molecule has 0 saturated carbocycles. The summed E-state index contributed by atoms with van der Waals surface area (Å²) in [6, 6.07) is 19.7. The molecule has 0 heterocycles. The van der Waals surface area contributed by atoms with Gasteiger partial charge in [-0.2, -0.15) is 0 Å². The summed E-state index contributed by atoms with van der Waals surface area (Å²) in [5.41, 5.74) is 4.38. The quantitative estimate of drug-likeness (QED) is 0.465. The van der Waals surface area contributed by atoms with Gasteiger partial charge < -0.3 is 10.6 Å². The molecule has 0 aliphatic carbocycles. The van der Waals surface area contributed by atoms with Gasteiger partial charge in [0.25, 0.3) is 11.6 Å². The van der Waals surface area contributed by atoms with Crippen LogP contribution < -0.4 is 10.6 Å². The lowest BCUT2D eigenvalue weighted by Gasteiger charge is -2.14. The Balaban J connectivity index is 1.88. The average molecular weight is 375 g/mol. The molecule has 0 aromatic heterocycles. The van der Waals surface area contributed by atoms with Gasteiger partial charge in [0.15, 0.2) is 0 Å². The van der Waals surface area contributed by atoms with Crippen LogP contribution >= 0.6 is 0 Å². The fraction of sp³-hybridized carbons (Fsp3) is 0.136. The number of hydrogen-bond acceptors (Lipinski definition) is 4. The number of benzene rings is 3. The highest BCUT2D eigenvalue weighted by Crippen LogP contribution is 2.25. The Kier molecular flexibility index (Phi) is 5.69. The molecule has 0 radical (unpaired) electrons. The summed E-state index contributed by atoms with van der Waals surface area (Å²) in [7, 11) is 0. The smallest absolute Gasteiger partial charge is 0.270 e. The van der Waals surface area contributed by atoms with Crippen LogP contribution in [0.4, 0.5) is 17.1 Å². The highest BCUT2D eigenvalue weighted by atomic mass is 16.6. The van der Waals surface area contributed by atoms with E-state index in [1.54, 1.807) is 6.07 Å². The predicted octanol–water partition coefficient (Wildman–Crippen LogP) is 5.08. The second-order valence-corrected chi connectivity index (χ2v) is 6.60. The van der Waals surface area contributed by atoms with Crippen LogP contribution in [0.1, 0.15) is 27.0 Å². The minimum absolute atomic E-state index is 0.129. The summed E-state index contributed by atoms with van der Waals surface area (Å²) in [6.07, 6.45) is 0. The van der Waals surface area contributed by atoms with E-state index in [0.29, 0.717) is 17.9 Å². The van der Waals surface area contributed by atoms with Gasteiger partial charge in [-0.05, 0) is 37.1 Å². The monoisotopic (exact) mass is 375 g/mol. The van der Waals surface area contributed by atoms with Crippen molar-refractivity contribution < 1.29 is 9.72 Å². The number of carbonyl (C=O) groups is 1. The van der Waals surface area contributed by atoms with E-state index in [4.69, 9.17) is 0 Å². The first kappa shape index (κ1) is 19.1. The molecule has 0 atom stereocenters. The summed E-state index contributed by atoms with van der Waals surface area (Å²) in [4.78, 5) is 23.5. The van der Waals surface area contributed by atoms with E-state index in [1.165, 1.54) is 12.1 Å². The number of nitro benzene ring substituents is 1. The van der Waals surface area contributed by atoms with Crippen LogP contribution in [0.15, 0.2) is 66.7 Å². The molecule has 6 nitrogen and oxygen atoms in total. The van der Waals surface area contributed by atoms with Crippen LogP contribution in [0, 0.1) is 24.0 Å². The van der Waals surface area contributed by atoms with Gasteiger partial charge in [0.05, 0.1) is 10.5 Å². The summed E-state index contributed by atoms with van der Waals surface area (Å²) in [5, 5.41) is 17.2. The van der Waals surface area contributed by atoms with Crippen LogP contribution in [0.3, 0.4) is 0 Å². The molecule has 6 heteroatoms. The molecular weight excluding hydrogens is 354 g/mol. The normalized spacial score (nSPS) is 10.4. The zero-order valence-electron chi connectivity index (χ0n) is 15.7. The third-order valence-electron chi connectivity index (χ3n) is 4.41. The number of nitro groups is 1. The van der Waals surface area contributed by atoms with Crippen molar-refractivity contribution in [1.82, 2.24) is 0 Å². The third kappa shape index (κ3) is 4.54. The molecule has 142 valence electrons. The molecule has 1 amide bonds. The number of nitrogens with one attached hydrogen (secondary N) is 2. The van der Waals surface area contributed by atoms with Gasteiger partial charge in [-0.3, -0.25) is 14.9 Å². The Labute approximate surface area is 163 Å². The molecule has 0 bridgehead atoms. The van der Waals surface area contributed by atoms with Crippen molar-refractivity contribution in [3.05, 3.63) is 99.1 Å². The average Bonchev–Trinajstić information content (AvgIpc) is 2.69. The van der Waals surface area contributed by atoms with Gasteiger partial charge in [0.1, 0.15) is 0 Å². The number of rotatable bonds is 6. The van der Waals surface area contributed by atoms with Crippen LogP contribution in [-0.4, -0.2) is 10.8 Å². The second kappa shape index (κ2) is 8.35. The van der Waals surface area contributed by atoms with Gasteiger partial charge in [0, 0.05) is 30.1 Å². The molecule has 3 aromatic rings. The molecule has 0 aliphatic rings. The standard InChI is InChI=1S/C22H21N3O3/c1-15-8-10-20(16(2)12-15)24-22(26)19-13-18(25(27)28)9-11-21(19)23-14-17-6-4-3-5-7-17/h3-13,23H,14H2,1-2H3,(H,24,26). The van der Waals surface area contributed by atoms with Gasteiger partial charge in [-0.25, -0.2) is 0 Å². The fourth-order valence-corrected chi connectivity index (χ4v) is 2.92. The second-order valence-electron chi connectivity index (χ2n) is 6.60. The number of non-ortho nitro benzene ring substituents is 1. The van der Waals surface area contributed by atoms with Gasteiger partial charge in [-0.15, -0.1) is 0 Å². The van der Waals surface area contributed by atoms with Gasteiger partial charge >= 0.3 is 0 Å².